The van der Waals surface area contributed by atoms with Crippen molar-refractivity contribution in [2.45, 2.75) is 26.7 Å². The fourth-order valence-electron chi connectivity index (χ4n) is 1.72. The first-order chi connectivity index (χ1) is 8.54. The Hall–Kier alpha value is -0.570. The van der Waals surface area contributed by atoms with E-state index in [1.165, 1.54) is 0 Å². The van der Waals surface area contributed by atoms with Crippen LogP contribution < -0.4 is 0 Å². The summed E-state index contributed by atoms with van der Waals surface area (Å²) in [7, 11) is 0. The lowest BCUT2D eigenvalue weighted by Crippen LogP contribution is -2.13. The van der Waals surface area contributed by atoms with Gasteiger partial charge in [0.05, 0.1) is 5.02 Å². The molecule has 0 aliphatic heterocycles. The Morgan fingerprint density at radius 2 is 2.11 bits per heavy atom. The minimum atomic E-state index is -0.111. The maximum Gasteiger partial charge on any atom is 0.189 e. The van der Waals surface area contributed by atoms with Crippen molar-refractivity contribution >= 4 is 29.0 Å². The van der Waals surface area contributed by atoms with Crippen molar-refractivity contribution in [1.82, 2.24) is 0 Å². The Morgan fingerprint density at radius 1 is 1.39 bits per heavy atom. The zero-order valence-corrected chi connectivity index (χ0v) is 12.2. The van der Waals surface area contributed by atoms with Gasteiger partial charge in [-0.05, 0) is 30.5 Å². The van der Waals surface area contributed by atoms with Gasteiger partial charge in [0.15, 0.2) is 5.78 Å². The number of benzene rings is 1. The van der Waals surface area contributed by atoms with Crippen molar-refractivity contribution in [3.63, 3.8) is 0 Å². The van der Waals surface area contributed by atoms with Gasteiger partial charge in [0.1, 0.15) is 6.61 Å². The average molecular weight is 289 g/mol. The van der Waals surface area contributed by atoms with Crippen LogP contribution >= 0.6 is 23.2 Å². The standard InChI is InChI=1S/C14H18Cl2O2/c1-3-4-10(2)8-18-9-14(17)12-6-5-11(15)7-13(12)16/h5-7,10H,3-4,8-9H2,1-2H3. The van der Waals surface area contributed by atoms with Gasteiger partial charge in [-0.1, -0.05) is 43.5 Å². The number of carbonyl (C=O) groups excluding carboxylic acids is 1. The summed E-state index contributed by atoms with van der Waals surface area (Å²) in [5.41, 5.74) is 0.462. The fraction of sp³-hybridized carbons (Fsp3) is 0.500. The summed E-state index contributed by atoms with van der Waals surface area (Å²) in [4.78, 5) is 11.9. The van der Waals surface area contributed by atoms with Gasteiger partial charge in [-0.3, -0.25) is 4.79 Å². The quantitative estimate of drug-likeness (QED) is 0.684. The third-order valence-electron chi connectivity index (χ3n) is 2.65. The van der Waals surface area contributed by atoms with E-state index in [4.69, 9.17) is 27.9 Å². The Balaban J connectivity index is 2.45. The highest BCUT2D eigenvalue weighted by atomic mass is 35.5. The minimum absolute atomic E-state index is 0.0649. The maximum absolute atomic E-state index is 11.9. The summed E-state index contributed by atoms with van der Waals surface area (Å²) in [5.74, 6) is 0.365. The highest BCUT2D eigenvalue weighted by molar-refractivity contribution is 6.36. The highest BCUT2D eigenvalue weighted by Gasteiger charge is 2.11. The van der Waals surface area contributed by atoms with Gasteiger partial charge in [0, 0.05) is 17.2 Å². The molecule has 0 N–H and O–H groups in total. The van der Waals surface area contributed by atoms with Crippen LogP contribution in [-0.2, 0) is 4.74 Å². The summed E-state index contributed by atoms with van der Waals surface area (Å²) < 4.78 is 5.41. The Labute approximate surface area is 118 Å². The van der Waals surface area contributed by atoms with Crippen LogP contribution in [0.4, 0.5) is 0 Å². The first-order valence-corrected chi connectivity index (χ1v) is 6.86. The monoisotopic (exact) mass is 288 g/mol. The number of carbonyl (C=O) groups is 1. The van der Waals surface area contributed by atoms with Crippen LogP contribution in [0.5, 0.6) is 0 Å². The molecule has 0 fully saturated rings. The fourth-order valence-corrected chi connectivity index (χ4v) is 2.24. The van der Waals surface area contributed by atoms with Gasteiger partial charge in [-0.15, -0.1) is 0 Å². The van der Waals surface area contributed by atoms with Crippen LogP contribution in [0.2, 0.25) is 10.0 Å². The number of hydrogen-bond acceptors (Lipinski definition) is 2. The molecule has 0 aromatic heterocycles. The molecule has 18 heavy (non-hydrogen) atoms. The lowest BCUT2D eigenvalue weighted by molar-refractivity contribution is 0.0683. The van der Waals surface area contributed by atoms with Crippen molar-refractivity contribution in [3.8, 4) is 0 Å². The van der Waals surface area contributed by atoms with Gasteiger partial charge in [0.2, 0.25) is 0 Å². The molecule has 1 atom stereocenters. The molecule has 0 bridgehead atoms. The van der Waals surface area contributed by atoms with Crippen molar-refractivity contribution in [2.75, 3.05) is 13.2 Å². The van der Waals surface area contributed by atoms with Crippen molar-refractivity contribution in [3.05, 3.63) is 33.8 Å². The molecule has 0 aliphatic rings. The molecule has 0 spiro atoms. The zero-order valence-electron chi connectivity index (χ0n) is 10.7. The molecule has 2 nitrogen and oxygen atoms in total. The van der Waals surface area contributed by atoms with Crippen LogP contribution in [-0.4, -0.2) is 19.0 Å². The van der Waals surface area contributed by atoms with E-state index >= 15 is 0 Å². The smallest absolute Gasteiger partial charge is 0.189 e. The van der Waals surface area contributed by atoms with E-state index in [1.54, 1.807) is 18.2 Å². The van der Waals surface area contributed by atoms with E-state index in [0.717, 1.165) is 12.8 Å². The summed E-state index contributed by atoms with van der Waals surface area (Å²) >= 11 is 11.7. The predicted octanol–water partition coefficient (Wildman–Crippen LogP) is 4.63. The molecule has 1 rings (SSSR count). The van der Waals surface area contributed by atoms with Crippen molar-refractivity contribution in [2.24, 2.45) is 5.92 Å². The predicted molar refractivity (Wildman–Crippen MR) is 75.7 cm³/mol. The SMILES string of the molecule is CCCC(C)COCC(=O)c1ccc(Cl)cc1Cl. The average Bonchev–Trinajstić information content (AvgIpc) is 2.29. The third-order valence-corrected chi connectivity index (χ3v) is 3.20. The highest BCUT2D eigenvalue weighted by Crippen LogP contribution is 2.21. The van der Waals surface area contributed by atoms with Crippen molar-refractivity contribution in [1.29, 1.82) is 0 Å². The second-order valence-corrected chi connectivity index (χ2v) is 5.30. The number of ketones is 1. The van der Waals surface area contributed by atoms with Gasteiger partial charge < -0.3 is 4.74 Å². The Bertz CT molecular complexity index is 405. The zero-order chi connectivity index (χ0) is 13.5. The second kappa shape index (κ2) is 7.78. The molecular formula is C14H18Cl2O2. The summed E-state index contributed by atoms with van der Waals surface area (Å²) in [6.07, 6.45) is 2.23. The van der Waals surface area contributed by atoms with Crippen molar-refractivity contribution < 1.29 is 9.53 Å². The Kier molecular flexibility index (Phi) is 6.69. The first-order valence-electron chi connectivity index (χ1n) is 6.10. The van der Waals surface area contributed by atoms with E-state index in [1.807, 2.05) is 0 Å². The van der Waals surface area contributed by atoms with Gasteiger partial charge >= 0.3 is 0 Å². The van der Waals surface area contributed by atoms with E-state index < -0.39 is 0 Å². The van der Waals surface area contributed by atoms with Crippen LogP contribution in [0.25, 0.3) is 0 Å². The normalized spacial score (nSPS) is 12.4. The number of ether oxygens (including phenoxy) is 1. The Morgan fingerprint density at radius 3 is 2.72 bits per heavy atom. The third kappa shape index (κ3) is 4.97. The van der Waals surface area contributed by atoms with Gasteiger partial charge in [0.25, 0.3) is 0 Å². The topological polar surface area (TPSA) is 26.3 Å². The molecule has 1 aromatic rings. The van der Waals surface area contributed by atoms with Crippen LogP contribution in [0.1, 0.15) is 37.0 Å². The lowest BCUT2D eigenvalue weighted by Gasteiger charge is -2.10. The van der Waals surface area contributed by atoms with Gasteiger partial charge in [-0.25, -0.2) is 0 Å². The molecule has 0 heterocycles. The van der Waals surface area contributed by atoms with E-state index in [2.05, 4.69) is 13.8 Å². The largest absolute Gasteiger partial charge is 0.373 e. The second-order valence-electron chi connectivity index (χ2n) is 4.46. The maximum atomic E-state index is 11.9. The molecule has 0 amide bonds. The number of Topliss-reactive ketones (excluding diaryl/α,β-unsaturated/α-hetero) is 1. The van der Waals surface area contributed by atoms with E-state index in [9.17, 15) is 4.79 Å². The minimum Gasteiger partial charge on any atom is -0.373 e. The molecule has 0 radical (unpaired) electrons. The van der Waals surface area contributed by atoms with E-state index in [0.29, 0.717) is 28.1 Å². The first kappa shape index (κ1) is 15.5. The molecule has 0 saturated heterocycles. The lowest BCUT2D eigenvalue weighted by atomic mass is 10.1. The number of hydrogen-bond donors (Lipinski definition) is 0. The van der Waals surface area contributed by atoms with Gasteiger partial charge in [-0.2, -0.15) is 0 Å². The molecule has 100 valence electrons. The molecule has 1 aromatic carbocycles. The molecule has 0 saturated carbocycles. The summed E-state index contributed by atoms with van der Waals surface area (Å²) in [6, 6.07) is 4.85. The van der Waals surface area contributed by atoms with Crippen LogP contribution in [0.3, 0.4) is 0 Å². The molecular weight excluding hydrogens is 271 g/mol. The number of halogens is 2. The summed E-state index contributed by atoms with van der Waals surface area (Å²) in [5, 5.41) is 0.895. The molecule has 4 heteroatoms. The number of rotatable bonds is 7. The van der Waals surface area contributed by atoms with Crippen LogP contribution in [0, 0.1) is 5.92 Å². The van der Waals surface area contributed by atoms with E-state index in [-0.39, 0.29) is 12.4 Å². The molecule has 0 aliphatic carbocycles. The summed E-state index contributed by atoms with van der Waals surface area (Å²) in [6.45, 7) is 4.92. The molecule has 1 unspecified atom stereocenters. The van der Waals surface area contributed by atoms with Crippen LogP contribution in [0.15, 0.2) is 18.2 Å².